The van der Waals surface area contributed by atoms with Gasteiger partial charge in [-0.05, 0) is 52.2 Å². The number of nitrogens with zero attached hydrogens (tertiary/aromatic N) is 1. The highest BCUT2D eigenvalue weighted by atomic mass is 79.9. The Morgan fingerprint density at radius 2 is 2.10 bits per heavy atom. The van der Waals surface area contributed by atoms with Crippen molar-refractivity contribution in [3.63, 3.8) is 0 Å². The van der Waals surface area contributed by atoms with Crippen molar-refractivity contribution in [3.8, 4) is 0 Å². The molecule has 0 saturated heterocycles. The Morgan fingerprint density at radius 3 is 2.95 bits per heavy atom. The standard InChI is InChI=1S/C15H14BrN3O/c1-9-14(5-12(16)8-18-9)15(20)19-13-3-2-10-6-17-7-11(10)4-13/h2-5,8,17H,6-7H2,1H3,(H,19,20). The monoisotopic (exact) mass is 331 g/mol. The van der Waals surface area contributed by atoms with Crippen LogP contribution in [0.5, 0.6) is 0 Å². The zero-order valence-corrected chi connectivity index (χ0v) is 12.6. The number of aryl methyl sites for hydroxylation is 1. The van der Waals surface area contributed by atoms with Crippen LogP contribution in [-0.2, 0) is 13.1 Å². The van der Waals surface area contributed by atoms with E-state index >= 15 is 0 Å². The van der Waals surface area contributed by atoms with Crippen LogP contribution in [0, 0.1) is 6.92 Å². The van der Waals surface area contributed by atoms with E-state index in [4.69, 9.17) is 0 Å². The van der Waals surface area contributed by atoms with Crippen LogP contribution in [-0.4, -0.2) is 10.9 Å². The number of nitrogens with one attached hydrogen (secondary N) is 2. The SMILES string of the molecule is Cc1ncc(Br)cc1C(=O)Nc1ccc2c(c1)CNC2. The molecule has 1 aliphatic heterocycles. The first kappa shape index (κ1) is 13.3. The average Bonchev–Trinajstić information content (AvgIpc) is 2.89. The Balaban J connectivity index is 1.84. The maximum atomic E-state index is 12.3. The van der Waals surface area contributed by atoms with Gasteiger partial charge in [0.05, 0.1) is 11.3 Å². The molecule has 0 fully saturated rings. The molecule has 102 valence electrons. The van der Waals surface area contributed by atoms with E-state index in [0.29, 0.717) is 11.3 Å². The fourth-order valence-electron chi connectivity index (χ4n) is 2.31. The van der Waals surface area contributed by atoms with Gasteiger partial charge in [-0.15, -0.1) is 0 Å². The summed E-state index contributed by atoms with van der Waals surface area (Å²) in [6.07, 6.45) is 1.69. The Labute approximate surface area is 125 Å². The minimum atomic E-state index is -0.137. The van der Waals surface area contributed by atoms with Gasteiger partial charge in [0.1, 0.15) is 0 Å². The number of anilines is 1. The lowest BCUT2D eigenvalue weighted by Gasteiger charge is -2.09. The Kier molecular flexibility index (Phi) is 3.54. The quantitative estimate of drug-likeness (QED) is 0.889. The molecule has 3 rings (SSSR count). The van der Waals surface area contributed by atoms with Crippen LogP contribution in [0.15, 0.2) is 34.9 Å². The molecule has 0 bridgehead atoms. The summed E-state index contributed by atoms with van der Waals surface area (Å²) in [5.74, 6) is -0.137. The van der Waals surface area contributed by atoms with Crippen LogP contribution < -0.4 is 10.6 Å². The van der Waals surface area contributed by atoms with Crippen LogP contribution in [0.2, 0.25) is 0 Å². The summed E-state index contributed by atoms with van der Waals surface area (Å²) < 4.78 is 0.798. The maximum absolute atomic E-state index is 12.3. The second-order valence-corrected chi connectivity index (χ2v) is 5.74. The van der Waals surface area contributed by atoms with Gasteiger partial charge in [0, 0.05) is 29.4 Å². The summed E-state index contributed by atoms with van der Waals surface area (Å²) in [5, 5.41) is 6.22. The van der Waals surface area contributed by atoms with Gasteiger partial charge in [0.15, 0.2) is 0 Å². The lowest BCUT2D eigenvalue weighted by atomic mass is 10.1. The first-order valence-corrected chi connectivity index (χ1v) is 7.19. The Hall–Kier alpha value is -1.72. The smallest absolute Gasteiger partial charge is 0.257 e. The second-order valence-electron chi connectivity index (χ2n) is 4.83. The summed E-state index contributed by atoms with van der Waals surface area (Å²) in [5.41, 5.74) is 4.65. The van der Waals surface area contributed by atoms with Gasteiger partial charge in [0.2, 0.25) is 0 Å². The third kappa shape index (κ3) is 2.59. The van der Waals surface area contributed by atoms with Crippen molar-refractivity contribution >= 4 is 27.5 Å². The molecular formula is C15H14BrN3O. The number of amides is 1. The fourth-order valence-corrected chi connectivity index (χ4v) is 2.64. The fraction of sp³-hybridized carbons (Fsp3) is 0.200. The molecule has 1 aromatic heterocycles. The number of carbonyl (C=O) groups excluding carboxylic acids is 1. The highest BCUT2D eigenvalue weighted by molar-refractivity contribution is 9.10. The van der Waals surface area contributed by atoms with Gasteiger partial charge >= 0.3 is 0 Å². The molecule has 2 aromatic rings. The first-order valence-electron chi connectivity index (χ1n) is 6.39. The van der Waals surface area contributed by atoms with Crippen molar-refractivity contribution in [2.24, 2.45) is 0 Å². The number of fused-ring (bicyclic) bond motifs is 1. The molecule has 4 nitrogen and oxygen atoms in total. The number of rotatable bonds is 2. The summed E-state index contributed by atoms with van der Waals surface area (Å²) in [4.78, 5) is 16.5. The molecule has 0 spiro atoms. The zero-order chi connectivity index (χ0) is 14.1. The number of halogens is 1. The Bertz CT molecular complexity index is 685. The average molecular weight is 332 g/mol. The van der Waals surface area contributed by atoms with Crippen LogP contribution in [0.3, 0.4) is 0 Å². The van der Waals surface area contributed by atoms with Crippen molar-refractivity contribution in [3.05, 3.63) is 57.3 Å². The second kappa shape index (κ2) is 5.34. The van der Waals surface area contributed by atoms with Gasteiger partial charge in [-0.2, -0.15) is 0 Å². The van der Waals surface area contributed by atoms with E-state index in [1.165, 1.54) is 11.1 Å². The normalized spacial score (nSPS) is 13.1. The van der Waals surface area contributed by atoms with Gasteiger partial charge in [-0.25, -0.2) is 0 Å². The lowest BCUT2D eigenvalue weighted by Crippen LogP contribution is -2.14. The van der Waals surface area contributed by atoms with Crippen molar-refractivity contribution in [2.45, 2.75) is 20.0 Å². The molecule has 2 N–H and O–H groups in total. The van der Waals surface area contributed by atoms with E-state index < -0.39 is 0 Å². The third-order valence-electron chi connectivity index (χ3n) is 3.39. The molecule has 0 unspecified atom stereocenters. The highest BCUT2D eigenvalue weighted by Crippen LogP contribution is 2.21. The van der Waals surface area contributed by atoms with Gasteiger partial charge in [-0.1, -0.05) is 6.07 Å². The predicted octanol–water partition coefficient (Wildman–Crippen LogP) is 3.01. The number of benzene rings is 1. The largest absolute Gasteiger partial charge is 0.322 e. The maximum Gasteiger partial charge on any atom is 0.257 e. The molecule has 1 aromatic carbocycles. The van der Waals surface area contributed by atoms with Crippen LogP contribution >= 0.6 is 15.9 Å². The van der Waals surface area contributed by atoms with Gasteiger partial charge in [0.25, 0.3) is 5.91 Å². The summed E-state index contributed by atoms with van der Waals surface area (Å²) in [7, 11) is 0. The van der Waals surface area contributed by atoms with E-state index in [9.17, 15) is 4.79 Å². The predicted molar refractivity (Wildman–Crippen MR) is 81.6 cm³/mol. The highest BCUT2D eigenvalue weighted by Gasteiger charge is 2.14. The van der Waals surface area contributed by atoms with E-state index in [1.54, 1.807) is 12.3 Å². The molecular weight excluding hydrogens is 318 g/mol. The minimum absolute atomic E-state index is 0.137. The topological polar surface area (TPSA) is 54.0 Å². The number of pyridine rings is 1. The first-order chi connectivity index (χ1) is 9.63. The number of aromatic nitrogens is 1. The molecule has 1 amide bonds. The van der Waals surface area contributed by atoms with Crippen LogP contribution in [0.1, 0.15) is 27.2 Å². The molecule has 0 aliphatic carbocycles. The van der Waals surface area contributed by atoms with Crippen molar-refractivity contribution in [1.29, 1.82) is 0 Å². The molecule has 0 radical (unpaired) electrons. The molecule has 2 heterocycles. The van der Waals surface area contributed by atoms with Crippen molar-refractivity contribution < 1.29 is 4.79 Å². The van der Waals surface area contributed by atoms with E-state index in [1.807, 2.05) is 19.1 Å². The van der Waals surface area contributed by atoms with E-state index in [-0.39, 0.29) is 5.91 Å². The van der Waals surface area contributed by atoms with Crippen LogP contribution in [0.25, 0.3) is 0 Å². The molecule has 5 heteroatoms. The van der Waals surface area contributed by atoms with Crippen LogP contribution in [0.4, 0.5) is 5.69 Å². The molecule has 0 atom stereocenters. The minimum Gasteiger partial charge on any atom is -0.322 e. The number of hydrogen-bond acceptors (Lipinski definition) is 3. The molecule has 1 aliphatic rings. The summed E-state index contributed by atoms with van der Waals surface area (Å²) in [6, 6.07) is 7.79. The van der Waals surface area contributed by atoms with Gasteiger partial charge in [-0.3, -0.25) is 9.78 Å². The van der Waals surface area contributed by atoms with Gasteiger partial charge < -0.3 is 10.6 Å². The summed E-state index contributed by atoms with van der Waals surface area (Å²) in [6.45, 7) is 3.59. The number of hydrogen-bond donors (Lipinski definition) is 2. The molecule has 0 saturated carbocycles. The lowest BCUT2D eigenvalue weighted by molar-refractivity contribution is 0.102. The Morgan fingerprint density at radius 1 is 1.30 bits per heavy atom. The van der Waals surface area contributed by atoms with E-state index in [2.05, 4.69) is 37.6 Å². The van der Waals surface area contributed by atoms with Crippen molar-refractivity contribution in [1.82, 2.24) is 10.3 Å². The third-order valence-corrected chi connectivity index (χ3v) is 3.83. The molecule has 20 heavy (non-hydrogen) atoms. The number of carbonyl (C=O) groups is 1. The summed E-state index contributed by atoms with van der Waals surface area (Å²) >= 11 is 3.34. The zero-order valence-electron chi connectivity index (χ0n) is 11.0. The van der Waals surface area contributed by atoms with E-state index in [0.717, 1.165) is 23.2 Å². The van der Waals surface area contributed by atoms with Crippen molar-refractivity contribution in [2.75, 3.05) is 5.32 Å².